The average Bonchev–Trinajstić information content (AvgIpc) is 3.73. The van der Waals surface area contributed by atoms with E-state index in [4.69, 9.17) is 25.4 Å². The van der Waals surface area contributed by atoms with Crippen molar-refractivity contribution in [3.8, 4) is 67.3 Å². The van der Waals surface area contributed by atoms with Crippen molar-refractivity contribution in [1.29, 1.82) is 0 Å². The normalized spacial score (nSPS) is 13.7. The monoisotopic (exact) mass is 735 g/mol. The average molecular weight is 736 g/mol. The molecule has 0 spiro atoms. The summed E-state index contributed by atoms with van der Waals surface area (Å²) >= 11 is 0. The lowest BCUT2D eigenvalue weighted by atomic mass is 9.94. The first-order valence-electron chi connectivity index (χ1n) is 23.1. The molecule has 9 aromatic carbocycles. The summed E-state index contributed by atoms with van der Waals surface area (Å²) in [5.41, 5.74) is 7.21. The predicted molar refractivity (Wildman–Crippen MR) is 237 cm³/mol. The van der Waals surface area contributed by atoms with E-state index >= 15 is 0 Å². The Balaban J connectivity index is 1.05. The lowest BCUT2D eigenvalue weighted by molar-refractivity contribution is 0.673. The van der Waals surface area contributed by atoms with E-state index in [0.717, 1.165) is 66.1 Å². The number of nitrogens with zero attached hydrogens (tertiary/aromatic N) is 2. The highest BCUT2D eigenvalue weighted by Gasteiger charge is 2.17. The Morgan fingerprint density at radius 1 is 0.386 bits per heavy atom. The zero-order valence-corrected chi connectivity index (χ0v) is 30.2. The molecule has 0 unspecified atom stereocenters. The highest BCUT2D eigenvalue weighted by atomic mass is 16.3. The summed E-state index contributed by atoms with van der Waals surface area (Å²) in [5, 5.41) is 5.58. The Bertz CT molecular complexity index is 3790. The van der Waals surface area contributed by atoms with Crippen LogP contribution < -0.4 is 0 Å². The van der Waals surface area contributed by atoms with E-state index in [1.165, 1.54) is 0 Å². The molecule has 3 heteroatoms. The highest BCUT2D eigenvalue weighted by Crippen LogP contribution is 2.41. The van der Waals surface area contributed by atoms with Gasteiger partial charge in [-0.15, -0.1) is 0 Å². The minimum atomic E-state index is -0.617. The second-order valence-electron chi connectivity index (χ2n) is 13.9. The molecule has 266 valence electrons. The van der Waals surface area contributed by atoms with Crippen LogP contribution in [0.1, 0.15) is 12.3 Å². The maximum Gasteiger partial charge on any atom is 0.160 e. The van der Waals surface area contributed by atoms with Crippen LogP contribution in [0.25, 0.3) is 111 Å². The molecule has 0 aliphatic carbocycles. The van der Waals surface area contributed by atoms with Gasteiger partial charge in [-0.05, 0) is 85.9 Å². The zero-order valence-electron chi connectivity index (χ0n) is 39.2. The van der Waals surface area contributed by atoms with Gasteiger partial charge in [-0.25, -0.2) is 9.97 Å². The van der Waals surface area contributed by atoms with Crippen LogP contribution in [0.3, 0.4) is 0 Å². The van der Waals surface area contributed by atoms with Crippen molar-refractivity contribution < 1.29 is 16.8 Å². The fraction of sp³-hybridized carbons (Fsp3) is 0. The van der Waals surface area contributed by atoms with Gasteiger partial charge in [0, 0.05) is 32.8 Å². The molecule has 0 radical (unpaired) electrons. The van der Waals surface area contributed by atoms with Gasteiger partial charge in [0.15, 0.2) is 5.82 Å². The molecule has 11 rings (SSSR count). The highest BCUT2D eigenvalue weighted by molar-refractivity contribution is 6.19. The lowest BCUT2D eigenvalue weighted by Crippen LogP contribution is -1.96. The summed E-state index contributed by atoms with van der Waals surface area (Å²) in [7, 11) is 0. The Hall–Kier alpha value is -7.62. The van der Waals surface area contributed by atoms with E-state index in [1.807, 2.05) is 78.9 Å². The van der Waals surface area contributed by atoms with E-state index in [9.17, 15) is 1.37 Å². The number of rotatable bonds is 6. The van der Waals surface area contributed by atoms with Gasteiger partial charge in [-0.1, -0.05) is 170 Å². The van der Waals surface area contributed by atoms with Crippen LogP contribution in [-0.2, 0) is 0 Å². The van der Waals surface area contributed by atoms with Gasteiger partial charge in [0.2, 0.25) is 0 Å². The van der Waals surface area contributed by atoms with Gasteiger partial charge in [-0.2, -0.15) is 0 Å². The molecular formula is C54H34N2O. The molecule has 0 saturated carbocycles. The second-order valence-corrected chi connectivity index (χ2v) is 13.9. The largest absolute Gasteiger partial charge is 0.455 e. The molecule has 2 heterocycles. The first-order chi connectivity index (χ1) is 32.0. The third kappa shape index (κ3) is 5.94. The molecule has 0 N–H and O–H groups in total. The van der Waals surface area contributed by atoms with Crippen LogP contribution in [0.5, 0.6) is 0 Å². The topological polar surface area (TPSA) is 38.9 Å². The smallest absolute Gasteiger partial charge is 0.160 e. The van der Waals surface area contributed by atoms with Crippen LogP contribution in [0.15, 0.2) is 210 Å². The Morgan fingerprint density at radius 3 is 1.86 bits per heavy atom. The number of hydrogen-bond acceptors (Lipinski definition) is 3. The maximum atomic E-state index is 9.30. The second kappa shape index (κ2) is 13.6. The zero-order chi connectivity index (χ0) is 45.5. The van der Waals surface area contributed by atoms with Crippen molar-refractivity contribution in [2.75, 3.05) is 0 Å². The van der Waals surface area contributed by atoms with Crippen LogP contribution in [0.4, 0.5) is 0 Å². The molecule has 0 amide bonds. The minimum absolute atomic E-state index is 0.00649. The van der Waals surface area contributed by atoms with E-state index < -0.39 is 42.3 Å². The molecule has 57 heavy (non-hydrogen) atoms. The summed E-state index contributed by atoms with van der Waals surface area (Å²) in [5.74, 6) is 0.589. The van der Waals surface area contributed by atoms with Crippen molar-refractivity contribution in [2.45, 2.75) is 0 Å². The minimum Gasteiger partial charge on any atom is -0.455 e. The van der Waals surface area contributed by atoms with Crippen molar-refractivity contribution >= 4 is 43.5 Å². The number of aromatic nitrogens is 2. The van der Waals surface area contributed by atoms with Gasteiger partial charge in [0.1, 0.15) is 11.2 Å². The Kier molecular flexibility index (Phi) is 5.90. The molecule has 0 aliphatic rings. The fourth-order valence-corrected chi connectivity index (χ4v) is 7.61. The molecule has 0 saturated heterocycles. The quantitative estimate of drug-likeness (QED) is 0.171. The third-order valence-corrected chi connectivity index (χ3v) is 10.4. The SMILES string of the molecule is [2H]c1c([2H])c([2H])c(-c2c([2H])c([2H])c([2H])c(-c3ccc4oc5c6ccccc6c(-c6ccc(-c7nc(-c8ccccc8)cc(-c8ccc9ccccc9c8)n7)cc6)cc5c4c3)c2[2H])c([2H])c1[2H]. The predicted octanol–water partition coefficient (Wildman–Crippen LogP) is 14.7. The van der Waals surface area contributed by atoms with Crippen molar-refractivity contribution in [3.05, 3.63) is 206 Å². The van der Waals surface area contributed by atoms with Gasteiger partial charge in [-0.3, -0.25) is 0 Å². The summed E-state index contributed by atoms with van der Waals surface area (Å²) < 4.78 is 84.0. The molecular weight excluding hydrogens is 693 g/mol. The molecule has 11 aromatic rings. The fourth-order valence-electron chi connectivity index (χ4n) is 7.61. The van der Waals surface area contributed by atoms with Crippen molar-refractivity contribution in [3.63, 3.8) is 0 Å². The first-order valence-corrected chi connectivity index (χ1v) is 18.6. The number of hydrogen-bond donors (Lipinski definition) is 0. The van der Waals surface area contributed by atoms with E-state index in [0.29, 0.717) is 27.9 Å². The molecule has 3 nitrogen and oxygen atoms in total. The molecule has 0 bridgehead atoms. The van der Waals surface area contributed by atoms with Gasteiger partial charge in [0.05, 0.1) is 23.7 Å². The van der Waals surface area contributed by atoms with E-state index in [-0.39, 0.29) is 28.8 Å². The third-order valence-electron chi connectivity index (χ3n) is 10.4. The van der Waals surface area contributed by atoms with Gasteiger partial charge in [0.25, 0.3) is 0 Å². The standard InChI is InChI=1S/C54H34N2O/c1-3-12-35(13-4-1)41-18-11-19-42(30-41)43-28-29-52-48(32-43)49-33-47(45-20-9-10-21-46(45)53(49)57-52)37-23-25-39(26-24-37)54-55-50(38-15-5-2-6-16-38)34-51(56-54)44-27-22-36-14-7-8-17-40(36)31-44/h1-34H/i1D,3D,4D,11D,12D,13D,18D,19D,30D. The first kappa shape index (κ1) is 24.7. The lowest BCUT2D eigenvalue weighted by Gasteiger charge is -2.12. The van der Waals surface area contributed by atoms with E-state index in [2.05, 4.69) is 54.6 Å². The molecule has 0 fully saturated rings. The summed E-state index contributed by atoms with van der Waals surface area (Å²) in [6.45, 7) is 0. The van der Waals surface area contributed by atoms with Crippen molar-refractivity contribution in [2.24, 2.45) is 0 Å². The number of furan rings is 1. The summed E-state index contributed by atoms with van der Waals surface area (Å²) in [6.07, 6.45) is 0. The van der Waals surface area contributed by atoms with Crippen molar-refractivity contribution in [1.82, 2.24) is 9.97 Å². The number of fused-ring (bicyclic) bond motifs is 6. The van der Waals surface area contributed by atoms with Crippen LogP contribution in [0, 0.1) is 0 Å². The molecule has 0 atom stereocenters. The maximum absolute atomic E-state index is 9.30. The summed E-state index contributed by atoms with van der Waals surface area (Å²) in [6, 6.07) is 45.3. The number of benzene rings is 9. The van der Waals surface area contributed by atoms with Crippen LogP contribution in [-0.4, -0.2) is 9.97 Å². The summed E-state index contributed by atoms with van der Waals surface area (Å²) in [4.78, 5) is 10.2. The Labute approximate surface area is 342 Å². The van der Waals surface area contributed by atoms with Crippen LogP contribution >= 0.6 is 0 Å². The van der Waals surface area contributed by atoms with Gasteiger partial charge < -0.3 is 4.42 Å². The molecule has 2 aromatic heterocycles. The van der Waals surface area contributed by atoms with Gasteiger partial charge >= 0.3 is 0 Å². The molecule has 0 aliphatic heterocycles. The Morgan fingerprint density at radius 2 is 1.04 bits per heavy atom. The van der Waals surface area contributed by atoms with Crippen LogP contribution in [0.2, 0.25) is 0 Å². The van der Waals surface area contributed by atoms with E-state index in [1.54, 1.807) is 18.2 Å².